The third-order valence-electron chi connectivity index (χ3n) is 16.8. The summed E-state index contributed by atoms with van der Waals surface area (Å²) < 4.78 is 24.8. The largest absolute Gasteiger partial charge is 0.488 e. The molecule has 0 heterocycles. The lowest BCUT2D eigenvalue weighted by molar-refractivity contribution is 0.0798. The summed E-state index contributed by atoms with van der Waals surface area (Å²) in [5.74, 6) is 5.32. The van der Waals surface area contributed by atoms with Crippen molar-refractivity contribution in [3.8, 4) is 23.0 Å². The van der Waals surface area contributed by atoms with Crippen LogP contribution in [0.3, 0.4) is 0 Å². The monoisotopic (exact) mass is 961 g/mol. The van der Waals surface area contributed by atoms with Crippen LogP contribution in [-0.2, 0) is 10.8 Å². The van der Waals surface area contributed by atoms with Crippen molar-refractivity contribution in [3.63, 3.8) is 0 Å². The SMILES string of the molecule is CCC(C)(C)c1cccc(OC2(C)CCCC2)c1.CCC(C)(CC)Oc1cccc(C(C)(C)CC)c1.CCC(C)c1cccc(OC(C)(CC)CC)c1.CCC(C)c1cccc(OC2(C)CCCC2)c1. The minimum absolute atomic E-state index is 0.0337. The normalized spacial score (nSPS) is 16.3. The molecule has 0 saturated heterocycles. The van der Waals surface area contributed by atoms with Crippen molar-refractivity contribution < 1.29 is 18.9 Å². The van der Waals surface area contributed by atoms with Gasteiger partial charge in [0, 0.05) is 0 Å². The molecular weight excluding hydrogens is 857 g/mol. The molecule has 70 heavy (non-hydrogen) atoms. The molecule has 2 aliphatic carbocycles. The number of rotatable bonds is 20. The van der Waals surface area contributed by atoms with E-state index in [4.69, 9.17) is 18.9 Å². The summed E-state index contributed by atoms with van der Waals surface area (Å²) in [6.45, 7) is 40.2. The second kappa shape index (κ2) is 27.8. The first-order chi connectivity index (χ1) is 33.0. The maximum atomic E-state index is 6.24. The molecule has 0 N–H and O–H groups in total. The molecule has 4 aromatic carbocycles. The Kier molecular flexibility index (Phi) is 24.0. The molecule has 0 aromatic heterocycles. The maximum absolute atomic E-state index is 6.24. The van der Waals surface area contributed by atoms with Crippen LogP contribution in [-0.4, -0.2) is 22.4 Å². The van der Waals surface area contributed by atoms with Crippen molar-refractivity contribution in [2.45, 2.75) is 272 Å². The molecule has 392 valence electrons. The molecule has 0 radical (unpaired) electrons. The van der Waals surface area contributed by atoms with Gasteiger partial charge in [-0.05, 0) is 224 Å². The van der Waals surface area contributed by atoms with Gasteiger partial charge in [0.15, 0.2) is 0 Å². The van der Waals surface area contributed by atoms with Crippen molar-refractivity contribution in [2.24, 2.45) is 0 Å². The molecule has 0 spiro atoms. The molecule has 4 heteroatoms. The Morgan fingerprint density at radius 1 is 0.414 bits per heavy atom. The van der Waals surface area contributed by atoms with Crippen LogP contribution in [0.5, 0.6) is 23.0 Å². The Bertz CT molecular complexity index is 1960. The summed E-state index contributed by atoms with van der Waals surface area (Å²) in [4.78, 5) is 0. The van der Waals surface area contributed by atoms with Gasteiger partial charge in [-0.25, -0.2) is 0 Å². The summed E-state index contributed by atoms with van der Waals surface area (Å²) in [5, 5.41) is 0. The molecule has 2 saturated carbocycles. The van der Waals surface area contributed by atoms with Gasteiger partial charge in [-0.3, -0.25) is 0 Å². The van der Waals surface area contributed by atoms with Crippen LogP contribution in [0.15, 0.2) is 97.1 Å². The Labute approximate surface area is 431 Å². The lowest BCUT2D eigenvalue weighted by atomic mass is 9.82. The second-order valence-corrected chi connectivity index (χ2v) is 23.3. The smallest absolute Gasteiger partial charge is 0.120 e. The zero-order chi connectivity index (χ0) is 52.2. The minimum Gasteiger partial charge on any atom is -0.488 e. The first-order valence-corrected chi connectivity index (χ1v) is 28.2. The van der Waals surface area contributed by atoms with Crippen LogP contribution < -0.4 is 18.9 Å². The van der Waals surface area contributed by atoms with Gasteiger partial charge in [-0.2, -0.15) is 0 Å². The predicted octanol–water partition coefficient (Wildman–Crippen LogP) is 20.5. The highest BCUT2D eigenvalue weighted by atomic mass is 16.5. The average Bonchev–Trinajstić information content (AvgIpc) is 4.01. The average molecular weight is 962 g/mol. The van der Waals surface area contributed by atoms with Gasteiger partial charge in [0.1, 0.15) is 45.4 Å². The Balaban J connectivity index is 0.000000247. The van der Waals surface area contributed by atoms with E-state index in [1.165, 1.54) is 86.5 Å². The van der Waals surface area contributed by atoms with Gasteiger partial charge in [-0.15, -0.1) is 0 Å². The van der Waals surface area contributed by atoms with Gasteiger partial charge in [0.05, 0.1) is 0 Å². The fourth-order valence-corrected chi connectivity index (χ4v) is 8.99. The molecule has 2 atom stereocenters. The molecule has 0 bridgehead atoms. The van der Waals surface area contributed by atoms with E-state index in [2.05, 4.69) is 222 Å². The van der Waals surface area contributed by atoms with E-state index in [9.17, 15) is 0 Å². The van der Waals surface area contributed by atoms with Gasteiger partial charge >= 0.3 is 0 Å². The van der Waals surface area contributed by atoms with Gasteiger partial charge < -0.3 is 18.9 Å². The zero-order valence-electron chi connectivity index (χ0n) is 48.3. The lowest BCUT2D eigenvalue weighted by Gasteiger charge is -2.30. The summed E-state index contributed by atoms with van der Waals surface area (Å²) >= 11 is 0. The highest BCUT2D eigenvalue weighted by Crippen LogP contribution is 2.38. The van der Waals surface area contributed by atoms with E-state index in [0.717, 1.165) is 61.5 Å². The topological polar surface area (TPSA) is 36.9 Å². The molecule has 2 fully saturated rings. The minimum atomic E-state index is -0.0466. The Morgan fingerprint density at radius 2 is 0.714 bits per heavy atom. The second-order valence-electron chi connectivity index (χ2n) is 23.3. The fraction of sp³-hybridized carbons (Fsp3) is 0.636. The summed E-state index contributed by atoms with van der Waals surface area (Å²) in [7, 11) is 0. The number of hydrogen-bond donors (Lipinski definition) is 0. The van der Waals surface area contributed by atoms with Crippen LogP contribution in [0.25, 0.3) is 0 Å². The zero-order valence-corrected chi connectivity index (χ0v) is 48.3. The molecular formula is C66H104O4. The predicted molar refractivity (Wildman–Crippen MR) is 304 cm³/mol. The first kappa shape index (κ1) is 60.4. The molecule has 2 aliphatic rings. The number of hydrogen-bond acceptors (Lipinski definition) is 4. The van der Waals surface area contributed by atoms with E-state index in [-0.39, 0.29) is 33.2 Å². The van der Waals surface area contributed by atoms with Crippen LogP contribution >= 0.6 is 0 Å². The molecule has 4 nitrogen and oxygen atoms in total. The molecule has 4 aromatic rings. The quantitative estimate of drug-likeness (QED) is 0.0884. The van der Waals surface area contributed by atoms with E-state index in [1.807, 2.05) is 0 Å². The third kappa shape index (κ3) is 18.9. The van der Waals surface area contributed by atoms with E-state index >= 15 is 0 Å². The van der Waals surface area contributed by atoms with E-state index in [0.29, 0.717) is 11.8 Å². The third-order valence-corrected chi connectivity index (χ3v) is 16.8. The number of ether oxygens (including phenoxy) is 4. The standard InChI is InChI=1S/C17H26O.C17H28O.C16H24O.C16H26O/c1-5-16(2,3)14-9-8-10-15(13-14)18-17(4)11-6-7-12-17;1-7-16(4,5)14-11-10-12-15(13-14)18-17(6,8-2)9-3;1-4-13(2)14-8-7-9-15(12-14)17-16(3)10-5-6-11-16;1-6-13(4)14-10-9-11-15(12-14)17-16(5,7-2)8-3/h8-10,13H,5-7,11-12H2,1-4H3;10-13H,7-9H2,1-6H3;7-9,12-13H,4-6,10-11H2,1-3H3;9-13H,6-8H2,1-5H3. The number of benzene rings is 4. The Morgan fingerprint density at radius 3 is 1.06 bits per heavy atom. The summed E-state index contributed by atoms with van der Waals surface area (Å²) in [6, 6.07) is 34.4. The van der Waals surface area contributed by atoms with Crippen LogP contribution in [0.2, 0.25) is 0 Å². The molecule has 6 rings (SSSR count). The van der Waals surface area contributed by atoms with Gasteiger partial charge in [0.25, 0.3) is 0 Å². The van der Waals surface area contributed by atoms with E-state index < -0.39 is 0 Å². The summed E-state index contributed by atoms with van der Waals surface area (Å²) in [5.41, 5.74) is 6.02. The van der Waals surface area contributed by atoms with Gasteiger partial charge in [-0.1, -0.05) is 145 Å². The van der Waals surface area contributed by atoms with Crippen molar-refractivity contribution in [3.05, 3.63) is 119 Å². The molecule has 0 amide bonds. The molecule has 0 aliphatic heterocycles. The Hall–Kier alpha value is -3.92. The van der Waals surface area contributed by atoms with Crippen LogP contribution in [0, 0.1) is 0 Å². The summed E-state index contributed by atoms with van der Waals surface area (Å²) in [6.07, 6.45) is 18.8. The van der Waals surface area contributed by atoms with Gasteiger partial charge in [0.2, 0.25) is 0 Å². The van der Waals surface area contributed by atoms with Crippen LogP contribution in [0.4, 0.5) is 0 Å². The maximum Gasteiger partial charge on any atom is 0.120 e. The van der Waals surface area contributed by atoms with Crippen molar-refractivity contribution >= 4 is 0 Å². The van der Waals surface area contributed by atoms with E-state index in [1.54, 1.807) is 0 Å². The fourth-order valence-electron chi connectivity index (χ4n) is 8.99. The van der Waals surface area contributed by atoms with Crippen molar-refractivity contribution in [1.29, 1.82) is 0 Å². The highest BCUT2D eigenvalue weighted by Gasteiger charge is 2.32. The first-order valence-electron chi connectivity index (χ1n) is 28.2. The molecule has 2 unspecified atom stereocenters. The highest BCUT2D eigenvalue weighted by molar-refractivity contribution is 5.35. The van der Waals surface area contributed by atoms with Crippen molar-refractivity contribution in [1.82, 2.24) is 0 Å². The van der Waals surface area contributed by atoms with Crippen LogP contribution in [0.1, 0.15) is 261 Å². The lowest BCUT2D eigenvalue weighted by Crippen LogP contribution is -2.30. The van der Waals surface area contributed by atoms with Crippen molar-refractivity contribution in [2.75, 3.05) is 0 Å².